The molecule has 0 aromatic carbocycles. The molecule has 1 fully saturated rings. The number of carbonyl (C=O) groups is 2. The average molecular weight is 286 g/mol. The molecule has 1 aliphatic rings. The van der Waals surface area contributed by atoms with Crippen LogP contribution in [-0.2, 0) is 9.59 Å². The maximum absolute atomic E-state index is 11.9. The molecule has 18 heavy (non-hydrogen) atoms. The van der Waals surface area contributed by atoms with Gasteiger partial charge in [-0.2, -0.15) is 0 Å². The lowest BCUT2D eigenvalue weighted by Gasteiger charge is -2.14. The Morgan fingerprint density at radius 1 is 1.56 bits per heavy atom. The van der Waals surface area contributed by atoms with Crippen molar-refractivity contribution in [3.63, 3.8) is 0 Å². The lowest BCUT2D eigenvalue weighted by molar-refractivity contribution is -0.117. The van der Waals surface area contributed by atoms with Crippen LogP contribution in [0.5, 0.6) is 0 Å². The number of carbonyl (C=O) groups excluding carboxylic acids is 2. The molecular weight excluding hydrogens is 274 g/mol. The van der Waals surface area contributed by atoms with Gasteiger partial charge in [0.15, 0.2) is 5.12 Å². The minimum atomic E-state index is -0.0737. The highest BCUT2D eigenvalue weighted by molar-refractivity contribution is 8.14. The number of aromatic nitrogens is 2. The van der Waals surface area contributed by atoms with Crippen LogP contribution < -0.4 is 4.90 Å². The number of amides is 1. The highest BCUT2D eigenvalue weighted by atomic mass is 35.5. The fourth-order valence-corrected chi connectivity index (χ4v) is 2.97. The number of hydrogen-bond acceptors (Lipinski definition) is 5. The summed E-state index contributed by atoms with van der Waals surface area (Å²) in [6.45, 7) is 3.74. The monoisotopic (exact) mass is 285 g/mol. The molecule has 0 aliphatic carbocycles. The van der Waals surface area contributed by atoms with E-state index in [0.717, 1.165) is 0 Å². The number of rotatable bonds is 2. The van der Waals surface area contributed by atoms with Gasteiger partial charge in [0.05, 0.1) is 0 Å². The second-order valence-electron chi connectivity index (χ2n) is 4.07. The van der Waals surface area contributed by atoms with Gasteiger partial charge in [-0.1, -0.05) is 23.4 Å². The first-order valence-corrected chi connectivity index (χ1v) is 6.70. The number of nitrogens with zero attached hydrogens (tertiary/aromatic N) is 3. The van der Waals surface area contributed by atoms with Crippen molar-refractivity contribution >= 4 is 40.3 Å². The van der Waals surface area contributed by atoms with Gasteiger partial charge in [0.1, 0.15) is 5.15 Å². The van der Waals surface area contributed by atoms with E-state index in [1.165, 1.54) is 23.6 Å². The number of halogens is 1. The van der Waals surface area contributed by atoms with Crippen molar-refractivity contribution in [3.05, 3.63) is 16.9 Å². The van der Waals surface area contributed by atoms with Gasteiger partial charge in [0.2, 0.25) is 11.9 Å². The van der Waals surface area contributed by atoms with E-state index in [1.54, 1.807) is 13.0 Å². The maximum Gasteiger partial charge on any atom is 0.233 e. The summed E-state index contributed by atoms with van der Waals surface area (Å²) in [7, 11) is 0. The van der Waals surface area contributed by atoms with Crippen LogP contribution in [-0.4, -0.2) is 32.8 Å². The van der Waals surface area contributed by atoms with E-state index in [2.05, 4.69) is 9.97 Å². The Morgan fingerprint density at radius 2 is 2.28 bits per heavy atom. The van der Waals surface area contributed by atoms with Gasteiger partial charge in [-0.15, -0.1) is 0 Å². The van der Waals surface area contributed by atoms with Crippen molar-refractivity contribution < 1.29 is 9.59 Å². The van der Waals surface area contributed by atoms with Gasteiger partial charge >= 0.3 is 0 Å². The lowest BCUT2D eigenvalue weighted by atomic mass is 10.4. The molecule has 1 aromatic heterocycles. The first-order chi connectivity index (χ1) is 8.45. The smallest absolute Gasteiger partial charge is 0.233 e. The molecule has 0 radical (unpaired) electrons. The molecule has 0 spiro atoms. The zero-order valence-corrected chi connectivity index (χ0v) is 11.6. The van der Waals surface area contributed by atoms with Crippen LogP contribution in [0.25, 0.3) is 0 Å². The van der Waals surface area contributed by atoms with E-state index in [1.807, 2.05) is 0 Å². The Hall–Kier alpha value is -1.14. The molecule has 1 amide bonds. The Labute approximate surface area is 114 Å². The lowest BCUT2D eigenvalue weighted by Crippen LogP contribution is -2.27. The fraction of sp³-hybridized carbons (Fsp3) is 0.455. The zero-order chi connectivity index (χ0) is 13.3. The maximum atomic E-state index is 11.9. The molecule has 2 heterocycles. The third kappa shape index (κ3) is 3.00. The Bertz CT molecular complexity index is 489. The van der Waals surface area contributed by atoms with Crippen LogP contribution >= 0.6 is 23.4 Å². The summed E-state index contributed by atoms with van der Waals surface area (Å²) in [4.78, 5) is 32.6. The van der Waals surface area contributed by atoms with E-state index >= 15 is 0 Å². The summed E-state index contributed by atoms with van der Waals surface area (Å²) in [6, 6.07) is 1.63. The molecule has 0 bridgehead atoms. The SMILES string of the molecule is CC(=O)SC1CC(=O)N(c2nc(C)cc(Cl)n2)C1. The quantitative estimate of drug-likeness (QED) is 0.776. The highest BCUT2D eigenvalue weighted by Gasteiger charge is 2.33. The Kier molecular flexibility index (Phi) is 3.87. The summed E-state index contributed by atoms with van der Waals surface area (Å²) < 4.78 is 0. The Morgan fingerprint density at radius 3 is 2.89 bits per heavy atom. The van der Waals surface area contributed by atoms with Crippen molar-refractivity contribution in [2.75, 3.05) is 11.4 Å². The summed E-state index contributed by atoms with van der Waals surface area (Å²) in [5, 5.41) is 0.295. The van der Waals surface area contributed by atoms with Crippen LogP contribution in [0, 0.1) is 6.92 Å². The van der Waals surface area contributed by atoms with Crippen molar-refractivity contribution in [1.29, 1.82) is 0 Å². The van der Waals surface area contributed by atoms with Gasteiger partial charge in [0.25, 0.3) is 0 Å². The molecule has 1 saturated heterocycles. The van der Waals surface area contributed by atoms with Crippen molar-refractivity contribution in [3.8, 4) is 0 Å². The van der Waals surface area contributed by atoms with E-state index in [9.17, 15) is 9.59 Å². The third-order valence-corrected chi connectivity index (χ3v) is 3.65. The Balaban J connectivity index is 2.18. The molecule has 1 aliphatic heterocycles. The predicted molar refractivity (Wildman–Crippen MR) is 70.8 cm³/mol. The van der Waals surface area contributed by atoms with Crippen molar-refractivity contribution in [2.45, 2.75) is 25.5 Å². The molecule has 96 valence electrons. The zero-order valence-electron chi connectivity index (χ0n) is 10.0. The molecule has 0 saturated carbocycles. The molecule has 1 unspecified atom stereocenters. The van der Waals surface area contributed by atoms with Gasteiger partial charge in [-0.25, -0.2) is 9.97 Å². The molecule has 5 nitrogen and oxygen atoms in total. The second-order valence-corrected chi connectivity index (χ2v) is 5.94. The molecule has 0 N–H and O–H groups in total. The summed E-state index contributed by atoms with van der Waals surface area (Å²) in [6.07, 6.45) is 0.333. The highest BCUT2D eigenvalue weighted by Crippen LogP contribution is 2.27. The van der Waals surface area contributed by atoms with E-state index in [-0.39, 0.29) is 16.3 Å². The van der Waals surface area contributed by atoms with Crippen LogP contribution in [0.4, 0.5) is 5.95 Å². The number of aryl methyl sites for hydroxylation is 1. The molecule has 2 rings (SSSR count). The predicted octanol–water partition coefficient (Wildman–Crippen LogP) is 1.82. The van der Waals surface area contributed by atoms with Crippen LogP contribution in [0.3, 0.4) is 0 Å². The number of thioether (sulfide) groups is 1. The average Bonchev–Trinajstić information content (AvgIpc) is 2.56. The molecule has 7 heteroatoms. The molecule has 1 aromatic rings. The molecule has 1 atom stereocenters. The minimum absolute atomic E-state index is 0.0119. The van der Waals surface area contributed by atoms with Gasteiger partial charge < -0.3 is 0 Å². The second kappa shape index (κ2) is 5.24. The number of anilines is 1. The van der Waals surface area contributed by atoms with Gasteiger partial charge in [0, 0.05) is 30.8 Å². The first kappa shape index (κ1) is 13.3. The largest absolute Gasteiger partial charge is 0.288 e. The van der Waals surface area contributed by atoms with E-state index in [0.29, 0.717) is 29.8 Å². The van der Waals surface area contributed by atoms with Gasteiger partial charge in [-0.05, 0) is 13.0 Å². The van der Waals surface area contributed by atoms with E-state index in [4.69, 9.17) is 11.6 Å². The minimum Gasteiger partial charge on any atom is -0.288 e. The fourth-order valence-electron chi connectivity index (χ4n) is 1.82. The summed E-state index contributed by atoms with van der Waals surface area (Å²) in [5.74, 6) is 0.243. The summed E-state index contributed by atoms with van der Waals surface area (Å²) in [5.41, 5.74) is 0.709. The van der Waals surface area contributed by atoms with Crippen LogP contribution in [0.2, 0.25) is 5.15 Å². The van der Waals surface area contributed by atoms with Crippen molar-refractivity contribution in [2.24, 2.45) is 0 Å². The molecular formula is C11H12ClN3O2S. The number of hydrogen-bond donors (Lipinski definition) is 0. The van der Waals surface area contributed by atoms with Crippen LogP contribution in [0.15, 0.2) is 6.07 Å². The van der Waals surface area contributed by atoms with Gasteiger partial charge in [-0.3, -0.25) is 14.5 Å². The standard InChI is InChI=1S/C11H12ClN3O2S/c1-6-3-9(12)14-11(13-6)15-5-8(4-10(15)17)18-7(2)16/h3,8H,4-5H2,1-2H3. The van der Waals surface area contributed by atoms with E-state index < -0.39 is 0 Å². The topological polar surface area (TPSA) is 63.2 Å². The van der Waals surface area contributed by atoms with Crippen LogP contribution in [0.1, 0.15) is 19.0 Å². The van der Waals surface area contributed by atoms with Crippen molar-refractivity contribution in [1.82, 2.24) is 9.97 Å². The normalized spacial score (nSPS) is 19.4. The third-order valence-electron chi connectivity index (χ3n) is 2.47. The summed E-state index contributed by atoms with van der Waals surface area (Å²) >= 11 is 7.03. The first-order valence-electron chi connectivity index (χ1n) is 5.44.